The van der Waals surface area contributed by atoms with E-state index in [1.54, 1.807) is 0 Å². The average Bonchev–Trinajstić information content (AvgIpc) is 2.25. The highest BCUT2D eigenvalue weighted by Gasteiger charge is 2.03. The molecule has 0 saturated heterocycles. The van der Waals surface area contributed by atoms with Crippen molar-refractivity contribution in [3.8, 4) is 0 Å². The fourth-order valence-corrected chi connectivity index (χ4v) is 1.45. The number of nitrogens with one attached hydrogen (secondary N) is 2. The van der Waals surface area contributed by atoms with Gasteiger partial charge in [-0.25, -0.2) is 4.79 Å². The third-order valence-corrected chi connectivity index (χ3v) is 2.45. The highest BCUT2D eigenvalue weighted by Crippen LogP contribution is 2.12. The van der Waals surface area contributed by atoms with Crippen molar-refractivity contribution in [1.82, 2.24) is 10.6 Å². The maximum absolute atomic E-state index is 10.4. The number of hydrogen-bond acceptors (Lipinski definition) is 2. The number of hydrogen-bond donors (Lipinski definition) is 3. The topological polar surface area (TPSA) is 67.2 Å². The monoisotopic (exact) mass is 221 g/mol. The minimum atomic E-state index is -0.482. The van der Waals surface area contributed by atoms with Crippen LogP contribution in [-0.2, 0) is 0 Å². The Kier molecular flexibility index (Phi) is 4.79. The summed E-state index contributed by atoms with van der Waals surface area (Å²) in [6.45, 7) is 5.41. The van der Waals surface area contributed by atoms with Crippen molar-refractivity contribution in [2.75, 3.05) is 13.1 Å². The zero-order valence-electron chi connectivity index (χ0n) is 9.79. The van der Waals surface area contributed by atoms with Crippen LogP contribution in [0, 0.1) is 6.92 Å². The quantitative estimate of drug-likeness (QED) is 0.656. The molecule has 88 valence electrons. The summed E-state index contributed by atoms with van der Waals surface area (Å²) in [7, 11) is 0. The Morgan fingerprint density at radius 3 is 2.50 bits per heavy atom. The molecule has 4 nitrogen and oxygen atoms in total. The van der Waals surface area contributed by atoms with Gasteiger partial charge in [0.15, 0.2) is 0 Å². The summed E-state index contributed by atoms with van der Waals surface area (Å²) in [5.41, 5.74) is 7.46. The van der Waals surface area contributed by atoms with E-state index in [-0.39, 0.29) is 6.04 Å². The summed E-state index contributed by atoms with van der Waals surface area (Å²) in [4.78, 5) is 10.4. The summed E-state index contributed by atoms with van der Waals surface area (Å²) >= 11 is 0. The number of carbonyl (C=O) groups excluding carboxylic acids is 1. The van der Waals surface area contributed by atoms with Crippen molar-refractivity contribution in [3.63, 3.8) is 0 Å². The first-order chi connectivity index (χ1) is 7.59. The lowest BCUT2D eigenvalue weighted by Gasteiger charge is -2.14. The number of carbonyl (C=O) groups is 1. The minimum Gasteiger partial charge on any atom is -0.352 e. The maximum atomic E-state index is 10.4. The van der Waals surface area contributed by atoms with Gasteiger partial charge in [-0.2, -0.15) is 0 Å². The van der Waals surface area contributed by atoms with Crippen molar-refractivity contribution < 1.29 is 4.79 Å². The Morgan fingerprint density at radius 1 is 1.31 bits per heavy atom. The molecular weight excluding hydrogens is 202 g/mol. The van der Waals surface area contributed by atoms with E-state index in [0.29, 0.717) is 13.1 Å². The van der Waals surface area contributed by atoms with Gasteiger partial charge in [-0.1, -0.05) is 29.8 Å². The van der Waals surface area contributed by atoms with E-state index in [1.807, 2.05) is 0 Å². The highest BCUT2D eigenvalue weighted by molar-refractivity contribution is 5.71. The molecule has 1 aromatic rings. The van der Waals surface area contributed by atoms with Gasteiger partial charge >= 0.3 is 6.03 Å². The third kappa shape index (κ3) is 4.31. The van der Waals surface area contributed by atoms with Gasteiger partial charge in [-0.05, 0) is 19.4 Å². The van der Waals surface area contributed by atoms with Gasteiger partial charge in [0.25, 0.3) is 0 Å². The van der Waals surface area contributed by atoms with Crippen LogP contribution in [-0.4, -0.2) is 19.1 Å². The van der Waals surface area contributed by atoms with Crippen molar-refractivity contribution in [2.45, 2.75) is 19.9 Å². The molecule has 0 heterocycles. The minimum absolute atomic E-state index is 0.273. The number of nitrogens with two attached hydrogens (primary N) is 1. The van der Waals surface area contributed by atoms with Crippen LogP contribution in [0.1, 0.15) is 24.1 Å². The van der Waals surface area contributed by atoms with Crippen LogP contribution in [0.15, 0.2) is 24.3 Å². The first-order valence-corrected chi connectivity index (χ1v) is 5.43. The molecule has 1 unspecified atom stereocenters. The van der Waals surface area contributed by atoms with E-state index in [1.165, 1.54) is 11.1 Å². The van der Waals surface area contributed by atoms with Gasteiger partial charge in [-0.15, -0.1) is 0 Å². The van der Waals surface area contributed by atoms with E-state index >= 15 is 0 Å². The number of rotatable bonds is 5. The first-order valence-electron chi connectivity index (χ1n) is 5.43. The SMILES string of the molecule is Cc1ccc(C(C)NCCNC(N)=O)cc1. The van der Waals surface area contributed by atoms with Crippen LogP contribution < -0.4 is 16.4 Å². The second kappa shape index (κ2) is 6.12. The summed E-state index contributed by atoms with van der Waals surface area (Å²) in [5.74, 6) is 0. The van der Waals surface area contributed by atoms with Crippen molar-refractivity contribution in [2.24, 2.45) is 5.73 Å². The molecular formula is C12H19N3O. The molecule has 4 heteroatoms. The molecule has 0 radical (unpaired) electrons. The molecule has 0 aromatic heterocycles. The largest absolute Gasteiger partial charge is 0.352 e. The summed E-state index contributed by atoms with van der Waals surface area (Å²) in [5, 5.41) is 5.84. The normalized spacial score (nSPS) is 12.1. The number of benzene rings is 1. The Balaban J connectivity index is 2.32. The number of aryl methyl sites for hydroxylation is 1. The molecule has 16 heavy (non-hydrogen) atoms. The Morgan fingerprint density at radius 2 is 1.94 bits per heavy atom. The highest BCUT2D eigenvalue weighted by atomic mass is 16.2. The third-order valence-electron chi connectivity index (χ3n) is 2.45. The molecule has 2 amide bonds. The molecule has 0 bridgehead atoms. The molecule has 1 atom stereocenters. The average molecular weight is 221 g/mol. The van der Waals surface area contributed by atoms with Gasteiger partial charge < -0.3 is 16.4 Å². The lowest BCUT2D eigenvalue weighted by molar-refractivity contribution is 0.249. The van der Waals surface area contributed by atoms with Gasteiger partial charge in [-0.3, -0.25) is 0 Å². The van der Waals surface area contributed by atoms with Crippen molar-refractivity contribution in [1.29, 1.82) is 0 Å². The molecule has 0 fully saturated rings. The summed E-state index contributed by atoms with van der Waals surface area (Å²) in [6, 6.07) is 8.19. The van der Waals surface area contributed by atoms with Crippen LogP contribution in [0.2, 0.25) is 0 Å². The fourth-order valence-electron chi connectivity index (χ4n) is 1.45. The van der Waals surface area contributed by atoms with E-state index in [4.69, 9.17) is 5.73 Å². The molecule has 4 N–H and O–H groups in total. The van der Waals surface area contributed by atoms with Gasteiger partial charge in [0.05, 0.1) is 0 Å². The molecule has 0 aliphatic rings. The van der Waals surface area contributed by atoms with Crippen LogP contribution in [0.5, 0.6) is 0 Å². The van der Waals surface area contributed by atoms with Crippen molar-refractivity contribution in [3.05, 3.63) is 35.4 Å². The van der Waals surface area contributed by atoms with Crippen LogP contribution in [0.4, 0.5) is 4.79 Å². The lowest BCUT2D eigenvalue weighted by Crippen LogP contribution is -2.35. The zero-order valence-corrected chi connectivity index (χ0v) is 9.79. The first kappa shape index (κ1) is 12.5. The standard InChI is InChI=1S/C12H19N3O/c1-9-3-5-11(6-4-9)10(2)14-7-8-15-12(13)16/h3-6,10,14H,7-8H2,1-2H3,(H3,13,15,16). The van der Waals surface area contributed by atoms with E-state index in [0.717, 1.165) is 0 Å². The predicted octanol–water partition coefficient (Wildman–Crippen LogP) is 1.31. The predicted molar refractivity (Wildman–Crippen MR) is 65.2 cm³/mol. The molecule has 1 aromatic carbocycles. The van der Waals surface area contributed by atoms with Gasteiger partial charge in [0, 0.05) is 19.1 Å². The Labute approximate surface area is 96.2 Å². The van der Waals surface area contributed by atoms with Crippen LogP contribution >= 0.6 is 0 Å². The lowest BCUT2D eigenvalue weighted by atomic mass is 10.1. The van der Waals surface area contributed by atoms with Crippen LogP contribution in [0.3, 0.4) is 0 Å². The molecule has 0 aliphatic carbocycles. The fraction of sp³-hybridized carbons (Fsp3) is 0.417. The van der Waals surface area contributed by atoms with Gasteiger partial charge in [0.1, 0.15) is 0 Å². The van der Waals surface area contributed by atoms with Crippen molar-refractivity contribution >= 4 is 6.03 Å². The molecule has 0 aliphatic heterocycles. The van der Waals surface area contributed by atoms with Gasteiger partial charge in [0.2, 0.25) is 0 Å². The second-order valence-electron chi connectivity index (χ2n) is 3.88. The maximum Gasteiger partial charge on any atom is 0.312 e. The van der Waals surface area contributed by atoms with Crippen LogP contribution in [0.25, 0.3) is 0 Å². The smallest absolute Gasteiger partial charge is 0.312 e. The summed E-state index contributed by atoms with van der Waals surface area (Å²) < 4.78 is 0. The van der Waals surface area contributed by atoms with E-state index in [2.05, 4.69) is 48.7 Å². The zero-order chi connectivity index (χ0) is 12.0. The Hall–Kier alpha value is -1.55. The number of primary amides is 1. The second-order valence-corrected chi connectivity index (χ2v) is 3.88. The number of urea groups is 1. The van der Waals surface area contributed by atoms with E-state index < -0.39 is 6.03 Å². The molecule has 1 rings (SSSR count). The Bertz CT molecular complexity index is 335. The van der Waals surface area contributed by atoms with E-state index in [9.17, 15) is 4.79 Å². The number of amides is 2. The molecule has 0 spiro atoms. The summed E-state index contributed by atoms with van der Waals surface area (Å²) in [6.07, 6.45) is 0. The molecule has 0 saturated carbocycles.